The summed E-state index contributed by atoms with van der Waals surface area (Å²) in [5, 5.41) is 0. The molecular weight excluding hydrogens is 272 g/mol. The van der Waals surface area contributed by atoms with Crippen molar-refractivity contribution in [2.45, 2.75) is 69.5 Å². The molecule has 1 aliphatic carbocycles. The smallest absolute Gasteiger partial charge is 0.212 e. The van der Waals surface area contributed by atoms with E-state index in [9.17, 15) is 0 Å². The molecular formula is C19H26N2O. The van der Waals surface area contributed by atoms with Crippen LogP contribution >= 0.6 is 0 Å². The molecule has 118 valence electrons. The van der Waals surface area contributed by atoms with Gasteiger partial charge in [0.15, 0.2) is 0 Å². The monoisotopic (exact) mass is 298 g/mol. The molecule has 0 amide bonds. The molecule has 0 radical (unpaired) electrons. The maximum Gasteiger partial charge on any atom is 0.212 e. The third-order valence-electron chi connectivity index (χ3n) is 5.81. The zero-order chi connectivity index (χ0) is 15.4. The summed E-state index contributed by atoms with van der Waals surface area (Å²) in [5.41, 5.74) is 1.37. The second-order valence-corrected chi connectivity index (χ2v) is 7.85. The van der Waals surface area contributed by atoms with Gasteiger partial charge >= 0.3 is 0 Å². The van der Waals surface area contributed by atoms with Gasteiger partial charge in [0.05, 0.1) is 11.1 Å². The second kappa shape index (κ2) is 4.50. The second-order valence-electron chi connectivity index (χ2n) is 7.85. The van der Waals surface area contributed by atoms with E-state index in [0.717, 1.165) is 5.90 Å². The Labute approximate surface area is 133 Å². The molecule has 3 nitrogen and oxygen atoms in total. The molecule has 0 bridgehead atoms. The minimum absolute atomic E-state index is 0.0669. The Morgan fingerprint density at radius 1 is 1.00 bits per heavy atom. The van der Waals surface area contributed by atoms with Gasteiger partial charge in [-0.15, -0.1) is 0 Å². The average Bonchev–Trinajstić information content (AvgIpc) is 2.82. The lowest BCUT2D eigenvalue weighted by molar-refractivity contribution is 0.265. The van der Waals surface area contributed by atoms with Crippen molar-refractivity contribution in [2.75, 3.05) is 11.5 Å². The summed E-state index contributed by atoms with van der Waals surface area (Å²) in [7, 11) is 0. The Morgan fingerprint density at radius 3 is 2.27 bits per heavy atom. The first-order chi connectivity index (χ1) is 10.5. The summed E-state index contributed by atoms with van der Waals surface area (Å²) in [6.07, 6.45) is 6.49. The van der Waals surface area contributed by atoms with Crippen LogP contribution in [0.25, 0.3) is 0 Å². The number of nitrogens with zero attached hydrogens (tertiary/aromatic N) is 2. The Balaban J connectivity index is 1.76. The lowest BCUT2D eigenvalue weighted by atomic mass is 9.80. The van der Waals surface area contributed by atoms with Crippen molar-refractivity contribution < 1.29 is 4.74 Å². The van der Waals surface area contributed by atoms with Gasteiger partial charge < -0.3 is 9.64 Å². The number of anilines is 1. The van der Waals surface area contributed by atoms with Gasteiger partial charge in [0.25, 0.3) is 0 Å². The predicted octanol–water partition coefficient (Wildman–Crippen LogP) is 4.18. The van der Waals surface area contributed by atoms with Crippen LogP contribution in [-0.4, -0.2) is 29.1 Å². The van der Waals surface area contributed by atoms with Crippen molar-refractivity contribution >= 4 is 11.6 Å². The molecule has 22 heavy (non-hydrogen) atoms. The van der Waals surface area contributed by atoms with E-state index < -0.39 is 0 Å². The first-order valence-electron chi connectivity index (χ1n) is 8.58. The Hall–Kier alpha value is -1.51. The average molecular weight is 298 g/mol. The van der Waals surface area contributed by atoms with Crippen molar-refractivity contribution in [1.29, 1.82) is 0 Å². The number of hydrogen-bond donors (Lipinski definition) is 0. The molecule has 0 aromatic heterocycles. The molecule has 1 saturated carbocycles. The van der Waals surface area contributed by atoms with Gasteiger partial charge in [0.1, 0.15) is 12.1 Å². The third kappa shape index (κ3) is 1.77. The number of aliphatic imine (C=N–C) groups is 1. The van der Waals surface area contributed by atoms with Gasteiger partial charge in [-0.3, -0.25) is 0 Å². The Morgan fingerprint density at radius 2 is 1.68 bits per heavy atom. The van der Waals surface area contributed by atoms with Gasteiger partial charge in [-0.25, -0.2) is 4.99 Å². The molecule has 1 unspecified atom stereocenters. The first kappa shape index (κ1) is 14.1. The summed E-state index contributed by atoms with van der Waals surface area (Å²) in [5.74, 6) is 0.961. The van der Waals surface area contributed by atoms with E-state index in [1.807, 2.05) is 0 Å². The number of hydrogen-bond acceptors (Lipinski definition) is 3. The van der Waals surface area contributed by atoms with Crippen LogP contribution in [0.4, 0.5) is 5.69 Å². The van der Waals surface area contributed by atoms with Crippen molar-refractivity contribution in [3.05, 3.63) is 30.3 Å². The molecule has 3 heteroatoms. The largest absolute Gasteiger partial charge is 0.477 e. The molecule has 4 rings (SSSR count). The molecule has 1 aromatic carbocycles. The third-order valence-corrected chi connectivity index (χ3v) is 5.81. The highest BCUT2D eigenvalue weighted by atomic mass is 16.5. The fourth-order valence-electron chi connectivity index (χ4n) is 4.65. The summed E-state index contributed by atoms with van der Waals surface area (Å²) >= 11 is 0. The van der Waals surface area contributed by atoms with E-state index in [2.05, 4.69) is 56.0 Å². The summed E-state index contributed by atoms with van der Waals surface area (Å²) in [6, 6.07) is 10.8. The van der Waals surface area contributed by atoms with Crippen LogP contribution in [0.3, 0.4) is 0 Å². The van der Waals surface area contributed by atoms with Gasteiger partial charge in [-0.1, -0.05) is 37.5 Å². The van der Waals surface area contributed by atoms with E-state index in [4.69, 9.17) is 9.73 Å². The summed E-state index contributed by atoms with van der Waals surface area (Å²) in [4.78, 5) is 7.51. The maximum atomic E-state index is 6.08. The van der Waals surface area contributed by atoms with E-state index >= 15 is 0 Å². The van der Waals surface area contributed by atoms with E-state index in [1.54, 1.807) is 0 Å². The zero-order valence-corrected chi connectivity index (χ0v) is 13.9. The molecule has 0 N–H and O–H groups in total. The topological polar surface area (TPSA) is 24.6 Å². The van der Waals surface area contributed by atoms with Gasteiger partial charge in [0, 0.05) is 5.69 Å². The number of ether oxygens (including phenoxy) is 1. The fraction of sp³-hybridized carbons (Fsp3) is 0.632. The molecule has 1 aromatic rings. The van der Waals surface area contributed by atoms with Gasteiger partial charge in [-0.2, -0.15) is 0 Å². The highest BCUT2D eigenvalue weighted by Crippen LogP contribution is 2.62. The lowest BCUT2D eigenvalue weighted by Crippen LogP contribution is -2.33. The van der Waals surface area contributed by atoms with Crippen LogP contribution in [0.15, 0.2) is 35.3 Å². The SMILES string of the molecule is CC1(C)COC(C2(C)N(c3ccccc3)C23CCCCC3)=N1. The molecule has 1 atom stereocenters. The van der Waals surface area contributed by atoms with Gasteiger partial charge in [-0.05, 0) is 45.7 Å². The Bertz CT molecular complexity index is 601. The van der Waals surface area contributed by atoms with Crippen LogP contribution in [0, 0.1) is 0 Å². The van der Waals surface area contributed by atoms with Crippen molar-refractivity contribution in [3.8, 4) is 0 Å². The van der Waals surface area contributed by atoms with E-state index in [1.165, 1.54) is 37.8 Å². The standard InChI is InChI=1S/C19H26N2O/c1-17(2)14-22-16(20-17)18(3)19(12-8-5-9-13-19)21(18)15-10-6-4-7-11-15/h4,6-7,10-11H,5,8-9,12-14H2,1-3H3. The molecule has 3 aliphatic rings. The normalized spacial score (nSPS) is 31.8. The maximum absolute atomic E-state index is 6.08. The minimum atomic E-state index is -0.0842. The van der Waals surface area contributed by atoms with Crippen molar-refractivity contribution in [3.63, 3.8) is 0 Å². The molecule has 2 fully saturated rings. The Kier molecular flexibility index (Phi) is 2.88. The van der Waals surface area contributed by atoms with Crippen LogP contribution in [0.2, 0.25) is 0 Å². The number of rotatable bonds is 2. The first-order valence-corrected chi connectivity index (χ1v) is 8.58. The van der Waals surface area contributed by atoms with Crippen molar-refractivity contribution in [1.82, 2.24) is 0 Å². The number of benzene rings is 1. The number of para-hydroxylation sites is 1. The molecule has 1 saturated heterocycles. The van der Waals surface area contributed by atoms with Crippen LogP contribution in [0.5, 0.6) is 0 Å². The van der Waals surface area contributed by atoms with Crippen LogP contribution < -0.4 is 4.90 Å². The predicted molar refractivity (Wildman–Crippen MR) is 90.6 cm³/mol. The fourth-order valence-corrected chi connectivity index (χ4v) is 4.65. The summed E-state index contributed by atoms with van der Waals surface area (Å²) in [6.45, 7) is 7.36. The highest BCUT2D eigenvalue weighted by Gasteiger charge is 2.75. The minimum Gasteiger partial charge on any atom is -0.477 e. The van der Waals surface area contributed by atoms with Gasteiger partial charge in [0.2, 0.25) is 5.90 Å². The van der Waals surface area contributed by atoms with Crippen LogP contribution in [0.1, 0.15) is 52.9 Å². The molecule has 1 spiro atoms. The molecule has 2 heterocycles. The molecule has 2 aliphatic heterocycles. The van der Waals surface area contributed by atoms with Crippen LogP contribution in [-0.2, 0) is 4.74 Å². The lowest BCUT2D eigenvalue weighted by Gasteiger charge is -2.23. The zero-order valence-electron chi connectivity index (χ0n) is 13.9. The highest BCUT2D eigenvalue weighted by molar-refractivity contribution is 6.00. The van der Waals surface area contributed by atoms with E-state index in [0.29, 0.717) is 6.61 Å². The van der Waals surface area contributed by atoms with E-state index in [-0.39, 0.29) is 16.6 Å². The van der Waals surface area contributed by atoms with Crippen molar-refractivity contribution in [2.24, 2.45) is 4.99 Å². The summed E-state index contributed by atoms with van der Waals surface area (Å²) < 4.78 is 6.08. The quantitative estimate of drug-likeness (QED) is 0.765.